The first-order chi connectivity index (χ1) is 17.5. The molecule has 2 heterocycles. The van der Waals surface area contributed by atoms with Gasteiger partial charge < -0.3 is 0 Å². The van der Waals surface area contributed by atoms with Gasteiger partial charge in [-0.3, -0.25) is 23.5 Å². The van der Waals surface area contributed by atoms with E-state index in [1.54, 1.807) is 4.57 Å². The van der Waals surface area contributed by atoms with Crippen molar-refractivity contribution < 1.29 is 9.59 Å². The molecule has 2 aromatic heterocycles. The molecule has 0 aliphatic heterocycles. The zero-order chi connectivity index (χ0) is 25.4. The molecule has 0 spiro atoms. The lowest BCUT2D eigenvalue weighted by Gasteiger charge is -2.41. The van der Waals surface area contributed by atoms with E-state index >= 15 is 0 Å². The van der Waals surface area contributed by atoms with Gasteiger partial charge in [-0.25, -0.2) is 9.78 Å². The number of aromatic nitrogens is 3. The average molecular weight is 492 g/mol. The Hall–Kier alpha value is -2.83. The molecule has 192 valence electrons. The van der Waals surface area contributed by atoms with Crippen LogP contribution in [0.25, 0.3) is 11.0 Å². The average Bonchev–Trinajstić information content (AvgIpc) is 2.90. The smallest absolute Gasteiger partial charge is 0.289 e. The zero-order valence-electron chi connectivity index (χ0n) is 21.6. The highest BCUT2D eigenvalue weighted by atomic mass is 16.2. The lowest BCUT2D eigenvalue weighted by Crippen LogP contribution is -2.43. The second kappa shape index (κ2) is 10.3. The fourth-order valence-corrected chi connectivity index (χ4v) is 6.57. The number of carbonyl (C=O) groups is 2. The topological polar surface area (TPSA) is 91.0 Å². The van der Waals surface area contributed by atoms with E-state index in [1.165, 1.54) is 10.8 Å². The van der Waals surface area contributed by atoms with Crippen LogP contribution in [0.1, 0.15) is 112 Å². The fraction of sp³-hybridized carbons (Fsp3) is 0.621. The Bertz CT molecular complexity index is 1360. The number of pyridine rings is 1. The third kappa shape index (κ3) is 4.00. The van der Waals surface area contributed by atoms with Crippen molar-refractivity contribution in [3.05, 3.63) is 49.3 Å². The molecule has 1 fully saturated rings. The molecular formula is C29H37N3O4. The number of hydrogen-bond acceptors (Lipinski definition) is 5. The molecule has 2 aromatic rings. The van der Waals surface area contributed by atoms with E-state index in [1.807, 2.05) is 0 Å². The summed E-state index contributed by atoms with van der Waals surface area (Å²) >= 11 is 0. The molecular weight excluding hydrogens is 454 g/mol. The molecule has 6 rings (SSSR count). The largest absolute Gasteiger partial charge is 0.332 e. The van der Waals surface area contributed by atoms with Gasteiger partial charge in [0.15, 0.2) is 11.6 Å². The number of allylic oxidation sites excluding steroid dienone is 2. The number of nitrogens with zero attached hydrogens (tertiary/aromatic N) is 3. The van der Waals surface area contributed by atoms with Crippen LogP contribution < -0.4 is 11.2 Å². The highest BCUT2D eigenvalue weighted by Gasteiger charge is 2.46. The summed E-state index contributed by atoms with van der Waals surface area (Å²) in [7, 11) is 0. The van der Waals surface area contributed by atoms with Gasteiger partial charge in [-0.05, 0) is 50.4 Å². The quantitative estimate of drug-likeness (QED) is 0.425. The Balaban J connectivity index is 1.69. The van der Waals surface area contributed by atoms with Crippen molar-refractivity contribution in [2.45, 2.75) is 104 Å². The van der Waals surface area contributed by atoms with Crippen molar-refractivity contribution in [3.63, 3.8) is 0 Å². The molecule has 0 N–H and O–H groups in total. The molecule has 0 amide bonds. The predicted molar refractivity (Wildman–Crippen MR) is 140 cm³/mol. The minimum Gasteiger partial charge on any atom is -0.289 e. The summed E-state index contributed by atoms with van der Waals surface area (Å²) in [6, 6.07) is 0. The van der Waals surface area contributed by atoms with Gasteiger partial charge in [0, 0.05) is 30.4 Å². The molecule has 1 saturated carbocycles. The molecule has 2 bridgehead atoms. The Kier molecular flexibility index (Phi) is 7.09. The Morgan fingerprint density at radius 3 is 1.89 bits per heavy atom. The molecule has 4 aliphatic rings. The highest BCUT2D eigenvalue weighted by molar-refractivity contribution is 6.30. The minimum atomic E-state index is -0.480. The minimum absolute atomic E-state index is 0.0917. The van der Waals surface area contributed by atoms with Gasteiger partial charge in [0.05, 0.1) is 16.5 Å². The van der Waals surface area contributed by atoms with Crippen LogP contribution in [0.15, 0.2) is 26.9 Å². The number of unbranched alkanes of at least 4 members (excludes halogenated alkanes) is 6. The van der Waals surface area contributed by atoms with Crippen molar-refractivity contribution in [1.82, 2.24) is 14.1 Å². The zero-order valence-corrected chi connectivity index (χ0v) is 21.6. The first kappa shape index (κ1) is 24.8. The number of aryl methyl sites for hydroxylation is 1. The van der Waals surface area contributed by atoms with Crippen LogP contribution in [0.3, 0.4) is 0 Å². The Morgan fingerprint density at radius 1 is 0.750 bits per heavy atom. The molecule has 7 heteroatoms. The van der Waals surface area contributed by atoms with Crippen LogP contribution in [0.5, 0.6) is 0 Å². The SMILES string of the molecule is CCCCCCn1c(=O)c2c3c(cnc2n(CCCCCC)c1=O)C(=O)C1=C(C3=O)C2CCC1CC2. The van der Waals surface area contributed by atoms with Gasteiger partial charge in [0.25, 0.3) is 5.56 Å². The molecule has 4 aliphatic carbocycles. The van der Waals surface area contributed by atoms with Gasteiger partial charge >= 0.3 is 5.69 Å². The van der Waals surface area contributed by atoms with Crippen LogP contribution in [-0.4, -0.2) is 25.7 Å². The maximum atomic E-state index is 14.0. The maximum absolute atomic E-state index is 14.0. The molecule has 36 heavy (non-hydrogen) atoms. The third-order valence-electron chi connectivity index (χ3n) is 8.50. The molecule has 0 radical (unpaired) electrons. The van der Waals surface area contributed by atoms with Gasteiger partial charge in [-0.15, -0.1) is 0 Å². The van der Waals surface area contributed by atoms with Crippen LogP contribution in [0.2, 0.25) is 0 Å². The standard InChI is InChI=1S/C29H37N3O4/c1-3-5-7-9-15-31-27-24(28(35)32(29(31)36)16-10-8-6-4-2)23-20(17-30-27)25(33)21-18-11-13-19(14-12-18)22(21)26(23)34/h17-19H,3-16H2,1-2H3. The van der Waals surface area contributed by atoms with Gasteiger partial charge in [0.1, 0.15) is 5.65 Å². The molecule has 0 atom stereocenters. The maximum Gasteiger partial charge on any atom is 0.332 e. The second-order valence-corrected chi connectivity index (χ2v) is 10.8. The van der Waals surface area contributed by atoms with Crippen LogP contribution >= 0.6 is 0 Å². The summed E-state index contributed by atoms with van der Waals surface area (Å²) in [6.45, 7) is 5.01. The summed E-state index contributed by atoms with van der Waals surface area (Å²) in [5.74, 6) is -0.104. The van der Waals surface area contributed by atoms with E-state index in [2.05, 4.69) is 18.8 Å². The van der Waals surface area contributed by atoms with Crippen LogP contribution in [-0.2, 0) is 13.1 Å². The second-order valence-electron chi connectivity index (χ2n) is 10.8. The number of ketones is 2. The third-order valence-corrected chi connectivity index (χ3v) is 8.50. The molecule has 0 unspecified atom stereocenters. The summed E-state index contributed by atoms with van der Waals surface area (Å²) in [5, 5.41) is 0.157. The van der Waals surface area contributed by atoms with Crippen LogP contribution in [0, 0.1) is 11.8 Å². The van der Waals surface area contributed by atoms with Crippen molar-refractivity contribution in [3.8, 4) is 0 Å². The van der Waals surface area contributed by atoms with Crippen LogP contribution in [0.4, 0.5) is 0 Å². The van der Waals surface area contributed by atoms with Crippen molar-refractivity contribution >= 4 is 22.6 Å². The van der Waals surface area contributed by atoms with E-state index in [0.29, 0.717) is 24.2 Å². The van der Waals surface area contributed by atoms with Crippen molar-refractivity contribution in [1.29, 1.82) is 0 Å². The first-order valence-corrected chi connectivity index (χ1v) is 14.0. The lowest BCUT2D eigenvalue weighted by atomic mass is 9.61. The molecule has 7 nitrogen and oxygen atoms in total. The highest BCUT2D eigenvalue weighted by Crippen LogP contribution is 2.49. The van der Waals surface area contributed by atoms with Crippen molar-refractivity contribution in [2.75, 3.05) is 0 Å². The normalized spacial score (nSPS) is 20.8. The molecule has 0 aromatic carbocycles. The number of Topliss-reactive ketones (excluding diaryl/α,β-unsaturated/α-hetero) is 2. The van der Waals surface area contributed by atoms with Gasteiger partial charge in [-0.1, -0.05) is 52.4 Å². The summed E-state index contributed by atoms with van der Waals surface area (Å²) in [4.78, 5) is 59.4. The van der Waals surface area contributed by atoms with E-state index in [9.17, 15) is 19.2 Å². The molecule has 0 saturated heterocycles. The number of fused-ring (bicyclic) bond motifs is 5. The monoisotopic (exact) mass is 491 g/mol. The Labute approximate surface area is 211 Å². The van der Waals surface area contributed by atoms with E-state index < -0.39 is 5.56 Å². The van der Waals surface area contributed by atoms with E-state index in [4.69, 9.17) is 0 Å². The van der Waals surface area contributed by atoms with E-state index in [-0.39, 0.29) is 51.3 Å². The van der Waals surface area contributed by atoms with Crippen molar-refractivity contribution in [2.24, 2.45) is 11.8 Å². The van der Waals surface area contributed by atoms with E-state index in [0.717, 1.165) is 77.0 Å². The number of rotatable bonds is 10. The summed E-state index contributed by atoms with van der Waals surface area (Å²) < 4.78 is 2.86. The van der Waals surface area contributed by atoms with Gasteiger partial charge in [-0.2, -0.15) is 0 Å². The fourth-order valence-electron chi connectivity index (χ4n) is 6.57. The summed E-state index contributed by atoms with van der Waals surface area (Å²) in [5.41, 5.74) is 1.14. The predicted octanol–water partition coefficient (Wildman–Crippen LogP) is 5.21. The summed E-state index contributed by atoms with van der Waals surface area (Å²) in [6.07, 6.45) is 12.8. The first-order valence-electron chi connectivity index (χ1n) is 14.0. The lowest BCUT2D eigenvalue weighted by molar-refractivity contribution is 0.0922. The van der Waals surface area contributed by atoms with Gasteiger partial charge in [0.2, 0.25) is 0 Å². The number of hydrogen-bond donors (Lipinski definition) is 0. The number of carbonyl (C=O) groups excluding carboxylic acids is 2. The Morgan fingerprint density at radius 2 is 1.31 bits per heavy atom.